The Bertz CT molecular complexity index is 1310. The average molecular weight is 497 g/mol. The molecule has 35 heavy (non-hydrogen) atoms. The maximum atomic E-state index is 12.3. The van der Waals surface area contributed by atoms with Crippen LogP contribution in [0.5, 0.6) is 5.75 Å². The third-order valence-corrected chi connectivity index (χ3v) is 4.98. The summed E-state index contributed by atoms with van der Waals surface area (Å²) in [7, 11) is 0. The molecule has 1 aromatic heterocycles. The summed E-state index contributed by atoms with van der Waals surface area (Å²) in [5.74, 6) is 0.148. The van der Waals surface area contributed by atoms with Gasteiger partial charge < -0.3 is 10.5 Å². The van der Waals surface area contributed by atoms with Crippen LogP contribution >= 0.6 is 12.2 Å². The van der Waals surface area contributed by atoms with Gasteiger partial charge in [0.1, 0.15) is 12.1 Å². The lowest BCUT2D eigenvalue weighted by Crippen LogP contribution is -2.30. The normalized spacial score (nSPS) is 11.5. The van der Waals surface area contributed by atoms with E-state index >= 15 is 0 Å². The molecule has 178 valence electrons. The van der Waals surface area contributed by atoms with E-state index in [1.54, 1.807) is 6.21 Å². The summed E-state index contributed by atoms with van der Waals surface area (Å²) in [5, 5.41) is 10.5. The maximum absolute atomic E-state index is 12.3. The molecule has 0 radical (unpaired) electrons. The van der Waals surface area contributed by atoms with Crippen molar-refractivity contribution in [3.8, 4) is 22.8 Å². The fraction of sp³-hybridized carbons (Fsp3) is 0.0833. The first-order valence-corrected chi connectivity index (χ1v) is 10.7. The van der Waals surface area contributed by atoms with Crippen LogP contribution in [0.25, 0.3) is 17.1 Å². The number of rotatable bonds is 7. The molecule has 4 rings (SSSR count). The molecule has 0 saturated carbocycles. The fourth-order valence-corrected chi connectivity index (χ4v) is 3.22. The van der Waals surface area contributed by atoms with Gasteiger partial charge in [-0.25, -0.2) is 14.7 Å². The van der Waals surface area contributed by atoms with Crippen molar-refractivity contribution in [1.82, 2.24) is 19.8 Å². The van der Waals surface area contributed by atoms with Crippen LogP contribution in [-0.2, 0) is 6.54 Å². The van der Waals surface area contributed by atoms with Crippen LogP contribution in [0.4, 0.5) is 13.2 Å². The number of benzene rings is 3. The zero-order valence-corrected chi connectivity index (χ0v) is 18.9. The van der Waals surface area contributed by atoms with Crippen molar-refractivity contribution in [2.75, 3.05) is 0 Å². The first-order chi connectivity index (χ1) is 16.8. The number of ether oxygens (including phenoxy) is 1. The Morgan fingerprint density at radius 3 is 2.34 bits per heavy atom. The summed E-state index contributed by atoms with van der Waals surface area (Å²) in [6, 6.07) is 22.5. The van der Waals surface area contributed by atoms with Crippen LogP contribution in [-0.4, -0.2) is 37.5 Å². The highest BCUT2D eigenvalue weighted by atomic mass is 32.1. The molecule has 0 saturated heterocycles. The average Bonchev–Trinajstić information content (AvgIpc) is 3.32. The van der Waals surface area contributed by atoms with E-state index in [1.165, 1.54) is 40.3 Å². The number of halogens is 3. The fourth-order valence-electron chi connectivity index (χ4n) is 3.11. The molecule has 0 unspecified atom stereocenters. The molecule has 0 aliphatic heterocycles. The first kappa shape index (κ1) is 23.9. The van der Waals surface area contributed by atoms with Gasteiger partial charge in [-0.05, 0) is 47.6 Å². The number of nitrogens with two attached hydrogens (primary N) is 1. The van der Waals surface area contributed by atoms with Gasteiger partial charge in [0.25, 0.3) is 0 Å². The Balaban J connectivity index is 1.43. The van der Waals surface area contributed by atoms with Crippen molar-refractivity contribution in [3.05, 3.63) is 96.3 Å². The van der Waals surface area contributed by atoms with Crippen molar-refractivity contribution in [3.63, 3.8) is 0 Å². The summed E-state index contributed by atoms with van der Waals surface area (Å²) >= 11 is 5.10. The molecule has 1 heterocycles. The molecule has 0 spiro atoms. The third kappa shape index (κ3) is 6.64. The second kappa shape index (κ2) is 10.3. The van der Waals surface area contributed by atoms with Crippen molar-refractivity contribution >= 4 is 23.5 Å². The van der Waals surface area contributed by atoms with Crippen LogP contribution < -0.4 is 10.5 Å². The molecule has 0 atom stereocenters. The predicted molar refractivity (Wildman–Crippen MR) is 130 cm³/mol. The number of alkyl halides is 3. The SMILES string of the molecule is NC(=S)N(Cc1ccccc1)/N=C\c1ccc(-c2ncn(-c3ccc(OC(F)(F)F)cc3)n2)cc1. The minimum Gasteiger partial charge on any atom is -0.406 e. The van der Waals surface area contributed by atoms with Gasteiger partial charge in [0.15, 0.2) is 10.9 Å². The van der Waals surface area contributed by atoms with Crippen molar-refractivity contribution < 1.29 is 17.9 Å². The lowest BCUT2D eigenvalue weighted by molar-refractivity contribution is -0.274. The van der Waals surface area contributed by atoms with E-state index in [9.17, 15) is 13.2 Å². The standard InChI is InChI=1S/C24H19F3N6OS/c25-24(26,27)34-21-12-10-20(11-13-21)33-16-29-22(31-33)19-8-6-17(7-9-19)14-30-32(23(28)35)15-18-4-2-1-3-5-18/h1-14,16H,15H2,(H2,28,35)/b30-14-. The predicted octanol–water partition coefficient (Wildman–Crippen LogP) is 4.91. The summed E-state index contributed by atoms with van der Waals surface area (Å²) in [5.41, 5.74) is 8.95. The zero-order chi connectivity index (χ0) is 24.8. The summed E-state index contributed by atoms with van der Waals surface area (Å²) < 4.78 is 42.3. The van der Waals surface area contributed by atoms with E-state index in [0.29, 0.717) is 18.1 Å². The third-order valence-electron chi connectivity index (χ3n) is 4.77. The van der Waals surface area contributed by atoms with Gasteiger partial charge in [0.2, 0.25) is 0 Å². The Morgan fingerprint density at radius 2 is 1.71 bits per heavy atom. The molecule has 11 heteroatoms. The lowest BCUT2D eigenvalue weighted by atomic mass is 10.1. The summed E-state index contributed by atoms with van der Waals surface area (Å²) in [6.45, 7) is 0.454. The van der Waals surface area contributed by atoms with Crippen molar-refractivity contribution in [2.24, 2.45) is 10.8 Å². The Morgan fingerprint density at radius 1 is 1.03 bits per heavy atom. The van der Waals surface area contributed by atoms with Crippen LogP contribution in [0.3, 0.4) is 0 Å². The lowest BCUT2D eigenvalue weighted by Gasteiger charge is -2.16. The topological polar surface area (TPSA) is 81.6 Å². The van der Waals surface area contributed by atoms with E-state index in [1.807, 2.05) is 54.6 Å². The molecule has 0 aliphatic rings. The molecule has 4 aromatic rings. The number of hydrogen-bond acceptors (Lipinski definition) is 5. The highest BCUT2D eigenvalue weighted by Crippen LogP contribution is 2.24. The van der Waals surface area contributed by atoms with Gasteiger partial charge in [-0.3, -0.25) is 0 Å². The van der Waals surface area contributed by atoms with Gasteiger partial charge in [0.05, 0.1) is 18.4 Å². The van der Waals surface area contributed by atoms with Gasteiger partial charge in [-0.15, -0.1) is 18.3 Å². The van der Waals surface area contributed by atoms with Crippen LogP contribution in [0.15, 0.2) is 90.3 Å². The molecule has 0 fully saturated rings. The first-order valence-electron chi connectivity index (χ1n) is 10.3. The molecular weight excluding hydrogens is 477 g/mol. The van der Waals surface area contributed by atoms with Gasteiger partial charge in [0, 0.05) is 5.56 Å². The number of hydrazone groups is 1. The second-order valence-corrected chi connectivity index (χ2v) is 7.72. The van der Waals surface area contributed by atoms with Crippen molar-refractivity contribution in [2.45, 2.75) is 12.9 Å². The number of aromatic nitrogens is 3. The number of nitrogens with zero attached hydrogens (tertiary/aromatic N) is 5. The van der Waals surface area contributed by atoms with Gasteiger partial charge >= 0.3 is 6.36 Å². The minimum atomic E-state index is -4.74. The molecule has 3 aromatic carbocycles. The summed E-state index contributed by atoms with van der Waals surface area (Å²) in [4.78, 5) is 4.28. The molecule has 0 bridgehead atoms. The number of thiocarbonyl (C=S) groups is 1. The molecule has 7 nitrogen and oxygen atoms in total. The maximum Gasteiger partial charge on any atom is 0.573 e. The van der Waals surface area contributed by atoms with Gasteiger partial charge in [-0.2, -0.15) is 5.10 Å². The highest BCUT2D eigenvalue weighted by Gasteiger charge is 2.31. The summed E-state index contributed by atoms with van der Waals surface area (Å²) in [6.07, 6.45) is -1.61. The minimum absolute atomic E-state index is 0.162. The number of hydrogen-bond donors (Lipinski definition) is 1. The molecule has 2 N–H and O–H groups in total. The second-order valence-electron chi connectivity index (χ2n) is 7.30. The van der Waals surface area contributed by atoms with Crippen LogP contribution in [0.2, 0.25) is 0 Å². The van der Waals surface area contributed by atoms with E-state index in [0.717, 1.165) is 16.7 Å². The van der Waals surface area contributed by atoms with Gasteiger partial charge in [-0.1, -0.05) is 54.6 Å². The molecule has 0 aliphatic carbocycles. The molecule has 0 amide bonds. The highest BCUT2D eigenvalue weighted by molar-refractivity contribution is 7.80. The van der Waals surface area contributed by atoms with E-state index in [-0.39, 0.29) is 10.9 Å². The van der Waals surface area contributed by atoms with E-state index < -0.39 is 6.36 Å². The zero-order valence-electron chi connectivity index (χ0n) is 18.1. The quantitative estimate of drug-likeness (QED) is 0.222. The van der Waals surface area contributed by atoms with Crippen molar-refractivity contribution in [1.29, 1.82) is 0 Å². The Hall–Kier alpha value is -4.25. The van der Waals surface area contributed by atoms with Crippen LogP contribution in [0.1, 0.15) is 11.1 Å². The Kier molecular flexibility index (Phi) is 7.06. The van der Waals surface area contributed by atoms with E-state index in [2.05, 4.69) is 19.9 Å². The molecular formula is C24H19F3N6OS. The monoisotopic (exact) mass is 496 g/mol. The smallest absolute Gasteiger partial charge is 0.406 e. The Labute approximate surface area is 204 Å². The van der Waals surface area contributed by atoms with E-state index in [4.69, 9.17) is 18.0 Å². The largest absolute Gasteiger partial charge is 0.573 e. The van der Waals surface area contributed by atoms with Crippen LogP contribution in [0, 0.1) is 0 Å².